The van der Waals surface area contributed by atoms with Crippen molar-refractivity contribution in [2.75, 3.05) is 6.61 Å². The minimum atomic E-state index is -0.469. The summed E-state index contributed by atoms with van der Waals surface area (Å²) in [5.74, 6) is 0. The van der Waals surface area contributed by atoms with Crippen LogP contribution in [-0.2, 0) is 9.47 Å². The zero-order chi connectivity index (χ0) is 13.2. The zero-order valence-corrected chi connectivity index (χ0v) is 11.5. The van der Waals surface area contributed by atoms with Crippen molar-refractivity contribution in [3.8, 4) is 0 Å². The van der Waals surface area contributed by atoms with Crippen molar-refractivity contribution >= 4 is 6.09 Å². The van der Waals surface area contributed by atoms with Crippen LogP contribution in [0.25, 0.3) is 0 Å². The number of carbonyl (C=O) groups is 1. The summed E-state index contributed by atoms with van der Waals surface area (Å²) < 4.78 is 11.1. The Morgan fingerprint density at radius 2 is 2.06 bits per heavy atom. The molecule has 5 nitrogen and oxygen atoms in total. The summed E-state index contributed by atoms with van der Waals surface area (Å²) in [4.78, 5) is 11.6. The molecule has 1 aliphatic carbocycles. The lowest BCUT2D eigenvalue weighted by atomic mass is 9.94. The lowest BCUT2D eigenvalue weighted by Gasteiger charge is -2.31. The van der Waals surface area contributed by atoms with Gasteiger partial charge in [0.1, 0.15) is 5.60 Å². The van der Waals surface area contributed by atoms with Gasteiger partial charge >= 0.3 is 6.09 Å². The monoisotopic (exact) mass is 256 g/mol. The Labute approximate surface area is 109 Å². The summed E-state index contributed by atoms with van der Waals surface area (Å²) in [6.45, 7) is 6.39. The molecule has 0 aromatic carbocycles. The molecule has 1 amide bonds. The predicted octanol–water partition coefficient (Wildman–Crippen LogP) is 2.12. The van der Waals surface area contributed by atoms with Crippen molar-refractivity contribution in [1.82, 2.24) is 10.9 Å². The summed E-state index contributed by atoms with van der Waals surface area (Å²) in [5, 5.41) is 0. The average Bonchev–Trinajstić information content (AvgIpc) is 2.85. The van der Waals surface area contributed by atoms with Crippen molar-refractivity contribution in [3.63, 3.8) is 0 Å². The van der Waals surface area contributed by atoms with Crippen LogP contribution < -0.4 is 10.9 Å². The van der Waals surface area contributed by atoms with E-state index in [1.54, 1.807) is 0 Å². The molecule has 2 rings (SSSR count). The van der Waals surface area contributed by atoms with Gasteiger partial charge in [0.05, 0.1) is 11.6 Å². The van der Waals surface area contributed by atoms with Gasteiger partial charge in [0.2, 0.25) is 0 Å². The smallest absolute Gasteiger partial charge is 0.422 e. The van der Waals surface area contributed by atoms with Crippen LogP contribution in [0.3, 0.4) is 0 Å². The van der Waals surface area contributed by atoms with Crippen molar-refractivity contribution in [1.29, 1.82) is 0 Å². The predicted molar refractivity (Wildman–Crippen MR) is 68.1 cm³/mol. The molecule has 1 heterocycles. The largest absolute Gasteiger partial charge is 0.443 e. The number of hydrogen-bond donors (Lipinski definition) is 2. The van der Waals surface area contributed by atoms with E-state index in [1.165, 1.54) is 0 Å². The second-order valence-electron chi connectivity index (χ2n) is 6.23. The third-order valence-corrected chi connectivity index (χ3v) is 3.61. The van der Waals surface area contributed by atoms with E-state index in [1.807, 2.05) is 20.8 Å². The normalized spacial score (nSPS) is 31.8. The quantitative estimate of drug-likeness (QED) is 0.743. The van der Waals surface area contributed by atoms with Crippen LogP contribution in [-0.4, -0.2) is 29.9 Å². The minimum absolute atomic E-state index is 0.0605. The van der Waals surface area contributed by atoms with Crippen LogP contribution in [0.15, 0.2) is 0 Å². The van der Waals surface area contributed by atoms with Gasteiger partial charge in [-0.3, -0.25) is 5.43 Å². The second kappa shape index (κ2) is 5.05. The van der Waals surface area contributed by atoms with Crippen LogP contribution in [0.5, 0.6) is 0 Å². The van der Waals surface area contributed by atoms with E-state index in [0.29, 0.717) is 0 Å². The fourth-order valence-electron chi connectivity index (χ4n) is 2.89. The highest BCUT2D eigenvalue weighted by atomic mass is 16.6. The number of hydrogen-bond acceptors (Lipinski definition) is 4. The Hall–Kier alpha value is -0.810. The number of hydrazine groups is 1. The lowest BCUT2D eigenvalue weighted by Crippen LogP contribution is -2.54. The number of carbonyl (C=O) groups excluding carboxylic acids is 1. The van der Waals surface area contributed by atoms with Gasteiger partial charge in [-0.25, -0.2) is 10.2 Å². The molecule has 2 atom stereocenters. The maximum absolute atomic E-state index is 11.6. The summed E-state index contributed by atoms with van der Waals surface area (Å²) >= 11 is 0. The van der Waals surface area contributed by atoms with Crippen LogP contribution in [0.1, 0.15) is 52.9 Å². The highest BCUT2D eigenvalue weighted by Crippen LogP contribution is 2.40. The molecular formula is C13H24N2O3. The Kier molecular flexibility index (Phi) is 3.82. The molecular weight excluding hydrogens is 232 g/mol. The maximum Gasteiger partial charge on any atom is 0.422 e. The summed E-state index contributed by atoms with van der Waals surface area (Å²) in [6, 6.07) is 0.201. The summed E-state index contributed by atoms with van der Waals surface area (Å²) in [6.07, 6.45) is 5.04. The van der Waals surface area contributed by atoms with Crippen molar-refractivity contribution in [2.45, 2.75) is 70.1 Å². The average molecular weight is 256 g/mol. The van der Waals surface area contributed by atoms with Crippen LogP contribution >= 0.6 is 0 Å². The summed E-state index contributed by atoms with van der Waals surface area (Å²) in [7, 11) is 0. The first-order chi connectivity index (χ1) is 8.41. The van der Waals surface area contributed by atoms with E-state index in [2.05, 4.69) is 10.9 Å². The van der Waals surface area contributed by atoms with E-state index in [4.69, 9.17) is 9.47 Å². The molecule has 2 aliphatic rings. The molecule has 1 aliphatic heterocycles. The van der Waals surface area contributed by atoms with Crippen LogP contribution in [0, 0.1) is 0 Å². The van der Waals surface area contributed by atoms with Crippen molar-refractivity contribution in [2.24, 2.45) is 0 Å². The highest BCUT2D eigenvalue weighted by Gasteiger charge is 2.46. The molecule has 104 valence electrons. The van der Waals surface area contributed by atoms with E-state index < -0.39 is 11.7 Å². The number of ether oxygens (including phenoxy) is 2. The van der Waals surface area contributed by atoms with Crippen molar-refractivity contribution < 1.29 is 14.3 Å². The molecule has 5 heteroatoms. The SMILES string of the molecule is CC(C)(C)OC(=O)NNC1CCC[C@]12CCCO2. The van der Waals surface area contributed by atoms with Crippen molar-refractivity contribution in [3.05, 3.63) is 0 Å². The molecule has 1 saturated heterocycles. The molecule has 0 aromatic heterocycles. The second-order valence-corrected chi connectivity index (χ2v) is 6.23. The highest BCUT2D eigenvalue weighted by molar-refractivity contribution is 5.67. The molecule has 0 radical (unpaired) electrons. The minimum Gasteiger partial charge on any atom is -0.443 e. The number of amides is 1. The first kappa shape index (κ1) is 13.6. The molecule has 0 aromatic rings. The third kappa shape index (κ3) is 3.14. The first-order valence-electron chi connectivity index (χ1n) is 6.80. The van der Waals surface area contributed by atoms with Gasteiger partial charge in [0.15, 0.2) is 0 Å². The van der Waals surface area contributed by atoms with Gasteiger partial charge in [-0.15, -0.1) is 0 Å². The Morgan fingerprint density at radius 1 is 1.33 bits per heavy atom. The molecule has 1 unspecified atom stereocenters. The van der Waals surface area contributed by atoms with Gasteiger partial charge in [0.25, 0.3) is 0 Å². The summed E-state index contributed by atoms with van der Waals surface area (Å²) in [5.41, 5.74) is 5.20. The lowest BCUT2D eigenvalue weighted by molar-refractivity contribution is -0.0163. The van der Waals surface area contributed by atoms with Gasteiger partial charge in [-0.05, 0) is 52.9 Å². The topological polar surface area (TPSA) is 59.6 Å². The molecule has 2 fully saturated rings. The molecule has 1 spiro atoms. The molecule has 1 saturated carbocycles. The fourth-order valence-corrected chi connectivity index (χ4v) is 2.89. The van der Waals surface area contributed by atoms with Crippen LogP contribution in [0.4, 0.5) is 4.79 Å². The first-order valence-corrected chi connectivity index (χ1v) is 6.80. The Balaban J connectivity index is 1.81. The molecule has 18 heavy (non-hydrogen) atoms. The van der Waals surface area contributed by atoms with Gasteiger partial charge in [-0.1, -0.05) is 0 Å². The standard InChI is InChI=1S/C13H24N2O3/c1-12(2,3)18-11(16)15-14-10-6-4-7-13(10)8-5-9-17-13/h10,14H,4-9H2,1-3H3,(H,15,16)/t10?,13-/m0/s1. The molecule has 2 N–H and O–H groups in total. The zero-order valence-electron chi connectivity index (χ0n) is 11.5. The van der Waals surface area contributed by atoms with Crippen LogP contribution in [0.2, 0.25) is 0 Å². The van der Waals surface area contributed by atoms with E-state index in [-0.39, 0.29) is 11.6 Å². The number of rotatable bonds is 2. The van der Waals surface area contributed by atoms with E-state index in [0.717, 1.165) is 38.7 Å². The van der Waals surface area contributed by atoms with Gasteiger partial charge < -0.3 is 9.47 Å². The fraction of sp³-hybridized carbons (Fsp3) is 0.923. The molecule has 0 bridgehead atoms. The Bertz CT molecular complexity index is 300. The van der Waals surface area contributed by atoms with E-state index in [9.17, 15) is 4.79 Å². The van der Waals surface area contributed by atoms with E-state index >= 15 is 0 Å². The van der Waals surface area contributed by atoms with Gasteiger partial charge in [0, 0.05) is 6.61 Å². The number of nitrogens with one attached hydrogen (secondary N) is 2. The third-order valence-electron chi connectivity index (χ3n) is 3.61. The van der Waals surface area contributed by atoms with Gasteiger partial charge in [-0.2, -0.15) is 0 Å². The maximum atomic E-state index is 11.6. The Morgan fingerprint density at radius 3 is 2.67 bits per heavy atom.